The van der Waals surface area contributed by atoms with Crippen LogP contribution in [0.25, 0.3) is 0 Å². The van der Waals surface area contributed by atoms with Crippen molar-refractivity contribution in [2.24, 2.45) is 0 Å². The van der Waals surface area contributed by atoms with E-state index in [1.807, 2.05) is 54.8 Å². The van der Waals surface area contributed by atoms with E-state index in [1.165, 1.54) is 16.7 Å². The molecule has 196 valence electrons. The van der Waals surface area contributed by atoms with E-state index < -0.39 is 0 Å². The molecule has 2 aromatic heterocycles. The van der Waals surface area contributed by atoms with Gasteiger partial charge in [-0.25, -0.2) is 0 Å². The largest absolute Gasteiger partial charge is 0.494 e. The van der Waals surface area contributed by atoms with Gasteiger partial charge in [-0.05, 0) is 79.3 Å². The zero-order valence-electron chi connectivity index (χ0n) is 20.5. The van der Waals surface area contributed by atoms with Crippen molar-refractivity contribution in [3.8, 4) is 5.75 Å². The number of aryl methyl sites for hydroxylation is 1. The second kappa shape index (κ2) is 16.4. The summed E-state index contributed by atoms with van der Waals surface area (Å²) in [5.41, 5.74) is 4.74. The average Bonchev–Trinajstić information content (AvgIpc) is 2.86. The van der Waals surface area contributed by atoms with Gasteiger partial charge in [-0.1, -0.05) is 6.07 Å². The fourth-order valence-corrected chi connectivity index (χ4v) is 4.30. The zero-order valence-corrected chi connectivity index (χ0v) is 23.0. The molecule has 0 saturated carbocycles. The number of carbonyl (C=O) groups is 1. The molecule has 4 rings (SSSR count). The van der Waals surface area contributed by atoms with Crippen LogP contribution in [0.4, 0.5) is 5.69 Å². The number of rotatable bonds is 11. The average molecular weight is 554 g/mol. The highest BCUT2D eigenvalue weighted by Crippen LogP contribution is 2.31. The number of nitrogens with zero attached hydrogens (tertiary/aromatic N) is 4. The van der Waals surface area contributed by atoms with Gasteiger partial charge in [-0.15, -0.1) is 37.2 Å². The van der Waals surface area contributed by atoms with Crippen molar-refractivity contribution in [3.05, 3.63) is 83.9 Å². The number of pyridine rings is 2. The van der Waals surface area contributed by atoms with Crippen molar-refractivity contribution in [2.45, 2.75) is 39.2 Å². The summed E-state index contributed by atoms with van der Waals surface area (Å²) in [6, 6.07) is 14.4. The number of anilines is 1. The van der Waals surface area contributed by atoms with E-state index in [9.17, 15) is 4.79 Å². The highest BCUT2D eigenvalue weighted by atomic mass is 35.5. The molecule has 6 nitrogen and oxygen atoms in total. The molecule has 0 bridgehead atoms. The maximum atomic E-state index is 12.1. The van der Waals surface area contributed by atoms with Crippen LogP contribution < -0.4 is 9.64 Å². The lowest BCUT2D eigenvalue weighted by molar-refractivity contribution is -0.118. The molecular formula is C27H35Cl3N4O2. The smallest absolute Gasteiger partial charge is 0.227 e. The second-order valence-corrected chi connectivity index (χ2v) is 8.37. The lowest BCUT2D eigenvalue weighted by atomic mass is 10.0. The van der Waals surface area contributed by atoms with Crippen molar-refractivity contribution in [3.63, 3.8) is 0 Å². The summed E-state index contributed by atoms with van der Waals surface area (Å²) in [6.07, 6.45) is 10.7. The van der Waals surface area contributed by atoms with Crippen molar-refractivity contribution < 1.29 is 9.53 Å². The molecule has 36 heavy (non-hydrogen) atoms. The van der Waals surface area contributed by atoms with Gasteiger partial charge in [0.15, 0.2) is 0 Å². The first-order chi connectivity index (χ1) is 16.2. The van der Waals surface area contributed by atoms with E-state index in [2.05, 4.69) is 39.1 Å². The minimum Gasteiger partial charge on any atom is -0.494 e. The number of ether oxygens (including phenoxy) is 1. The zero-order chi connectivity index (χ0) is 22.9. The summed E-state index contributed by atoms with van der Waals surface area (Å²) in [7, 11) is 0. The fraction of sp³-hybridized carbons (Fsp3) is 0.370. The van der Waals surface area contributed by atoms with Gasteiger partial charge in [0.25, 0.3) is 0 Å². The van der Waals surface area contributed by atoms with Gasteiger partial charge in [0.2, 0.25) is 5.91 Å². The van der Waals surface area contributed by atoms with Crippen LogP contribution >= 0.6 is 37.2 Å². The minimum atomic E-state index is 0. The van der Waals surface area contributed by atoms with Gasteiger partial charge in [-0.2, -0.15) is 0 Å². The SMILES string of the molecule is CCN1C(=O)CCc2cc(OCCCN(CCc3cccnc3)Cc3ccncc3)ccc21.Cl.Cl.Cl. The van der Waals surface area contributed by atoms with Crippen LogP contribution in [0, 0.1) is 0 Å². The first-order valence-electron chi connectivity index (χ1n) is 11.8. The molecule has 1 amide bonds. The maximum Gasteiger partial charge on any atom is 0.227 e. The number of benzene rings is 1. The quantitative estimate of drug-likeness (QED) is 0.291. The third-order valence-corrected chi connectivity index (χ3v) is 6.05. The molecule has 1 aliphatic rings. The van der Waals surface area contributed by atoms with Crippen LogP contribution in [0.3, 0.4) is 0 Å². The van der Waals surface area contributed by atoms with Crippen LogP contribution in [-0.4, -0.2) is 47.0 Å². The molecule has 1 aliphatic heterocycles. The van der Waals surface area contributed by atoms with E-state index >= 15 is 0 Å². The Balaban J connectivity index is 0.00000216. The number of fused-ring (bicyclic) bond motifs is 1. The highest BCUT2D eigenvalue weighted by Gasteiger charge is 2.22. The standard InChI is InChI=1S/C27H32N4O2.3ClH/c1-2-31-26-8-7-25(19-24(26)6-9-27(31)32)33-18-4-16-30(21-23-10-14-28-15-11-23)17-12-22-5-3-13-29-20-22;;;/h3,5,7-8,10-11,13-15,19-20H,2,4,6,9,12,16-18,21H2,1H3;3*1H. The Morgan fingerprint density at radius 3 is 2.47 bits per heavy atom. The summed E-state index contributed by atoms with van der Waals surface area (Å²) >= 11 is 0. The van der Waals surface area contributed by atoms with Gasteiger partial charge in [0.1, 0.15) is 5.75 Å². The molecule has 1 aromatic carbocycles. The van der Waals surface area contributed by atoms with E-state index in [1.54, 1.807) is 0 Å². The Morgan fingerprint density at radius 1 is 0.944 bits per heavy atom. The molecule has 0 unspecified atom stereocenters. The Bertz CT molecular complexity index is 1040. The summed E-state index contributed by atoms with van der Waals surface area (Å²) in [6.45, 7) is 6.19. The molecule has 0 fully saturated rings. The van der Waals surface area contributed by atoms with Crippen LogP contribution in [0.5, 0.6) is 5.75 Å². The number of hydrogen-bond donors (Lipinski definition) is 0. The Labute approximate surface area is 232 Å². The first-order valence-corrected chi connectivity index (χ1v) is 11.8. The predicted molar refractivity (Wildman–Crippen MR) is 152 cm³/mol. The highest BCUT2D eigenvalue weighted by molar-refractivity contribution is 5.96. The fourth-order valence-electron chi connectivity index (χ4n) is 4.30. The lowest BCUT2D eigenvalue weighted by Crippen LogP contribution is -2.34. The number of halogens is 3. The molecule has 0 spiro atoms. The van der Waals surface area contributed by atoms with E-state index in [0.29, 0.717) is 19.6 Å². The third kappa shape index (κ3) is 8.93. The summed E-state index contributed by atoms with van der Waals surface area (Å²) in [5, 5.41) is 0. The minimum absolute atomic E-state index is 0. The van der Waals surface area contributed by atoms with Gasteiger partial charge in [-0.3, -0.25) is 19.7 Å². The summed E-state index contributed by atoms with van der Waals surface area (Å²) in [5.74, 6) is 1.09. The number of hydrogen-bond acceptors (Lipinski definition) is 5. The molecular weight excluding hydrogens is 519 g/mol. The Kier molecular flexibility index (Phi) is 14.4. The van der Waals surface area contributed by atoms with Gasteiger partial charge < -0.3 is 9.64 Å². The number of carbonyl (C=O) groups excluding carboxylic acids is 1. The Hall–Kier alpha value is -2.38. The molecule has 0 radical (unpaired) electrons. The van der Waals surface area contributed by atoms with E-state index in [0.717, 1.165) is 50.3 Å². The van der Waals surface area contributed by atoms with E-state index in [4.69, 9.17) is 4.74 Å². The number of aromatic nitrogens is 2. The van der Waals surface area contributed by atoms with Crippen molar-refractivity contribution >= 4 is 48.8 Å². The van der Waals surface area contributed by atoms with Crippen LogP contribution in [-0.2, 0) is 24.2 Å². The maximum absolute atomic E-state index is 12.1. The van der Waals surface area contributed by atoms with Gasteiger partial charge >= 0.3 is 0 Å². The lowest BCUT2D eigenvalue weighted by Gasteiger charge is -2.28. The van der Waals surface area contributed by atoms with E-state index in [-0.39, 0.29) is 43.1 Å². The van der Waals surface area contributed by atoms with Crippen LogP contribution in [0.2, 0.25) is 0 Å². The van der Waals surface area contributed by atoms with Crippen molar-refractivity contribution in [1.29, 1.82) is 0 Å². The number of amides is 1. The molecule has 3 aromatic rings. The molecule has 0 aliphatic carbocycles. The second-order valence-electron chi connectivity index (χ2n) is 8.37. The Morgan fingerprint density at radius 2 is 1.75 bits per heavy atom. The summed E-state index contributed by atoms with van der Waals surface area (Å²) in [4.78, 5) is 24.8. The van der Waals surface area contributed by atoms with Gasteiger partial charge in [0.05, 0.1) is 6.61 Å². The van der Waals surface area contributed by atoms with Crippen LogP contribution in [0.1, 0.15) is 36.5 Å². The molecule has 9 heteroatoms. The van der Waals surface area contributed by atoms with Gasteiger partial charge in [0, 0.05) is 63.1 Å². The van der Waals surface area contributed by atoms with Crippen molar-refractivity contribution in [1.82, 2.24) is 14.9 Å². The molecule has 3 heterocycles. The van der Waals surface area contributed by atoms with Crippen molar-refractivity contribution in [2.75, 3.05) is 31.1 Å². The monoisotopic (exact) mass is 552 g/mol. The molecule has 0 saturated heterocycles. The molecule has 0 atom stereocenters. The summed E-state index contributed by atoms with van der Waals surface area (Å²) < 4.78 is 6.08. The topological polar surface area (TPSA) is 58.6 Å². The first kappa shape index (κ1) is 31.6. The molecule has 0 N–H and O–H groups in total. The third-order valence-electron chi connectivity index (χ3n) is 6.05. The van der Waals surface area contributed by atoms with Crippen LogP contribution in [0.15, 0.2) is 67.3 Å². The normalized spacial score (nSPS) is 12.2. The predicted octanol–water partition coefficient (Wildman–Crippen LogP) is 5.55.